The number of fused-ring (bicyclic) bond motifs is 7. The summed E-state index contributed by atoms with van der Waals surface area (Å²) in [7, 11) is 0. The van der Waals surface area contributed by atoms with Crippen LogP contribution in [0.3, 0.4) is 0 Å². The molecule has 0 radical (unpaired) electrons. The van der Waals surface area contributed by atoms with E-state index >= 15 is 0 Å². The molecular formula is C65H53N. The zero-order chi connectivity index (χ0) is 43.7. The molecule has 0 heterocycles. The van der Waals surface area contributed by atoms with E-state index in [2.05, 4.69) is 219 Å². The third kappa shape index (κ3) is 5.41. The van der Waals surface area contributed by atoms with Gasteiger partial charge in [0.1, 0.15) is 0 Å². The molecule has 0 aliphatic heterocycles. The summed E-state index contributed by atoms with van der Waals surface area (Å²) < 4.78 is 0. The maximum Gasteiger partial charge on any atom is 0.0467 e. The lowest BCUT2D eigenvalue weighted by Crippen LogP contribution is -2.55. The minimum atomic E-state index is -0.104. The van der Waals surface area contributed by atoms with Gasteiger partial charge in [-0.3, -0.25) is 0 Å². The summed E-state index contributed by atoms with van der Waals surface area (Å²) in [5.41, 5.74) is 22.8. The van der Waals surface area contributed by atoms with Crippen LogP contribution in [0, 0.1) is 23.7 Å². The average molecular weight is 848 g/mol. The van der Waals surface area contributed by atoms with Crippen LogP contribution in [0.5, 0.6) is 0 Å². The van der Waals surface area contributed by atoms with Crippen molar-refractivity contribution in [2.24, 2.45) is 23.7 Å². The lowest BCUT2D eigenvalue weighted by molar-refractivity contribution is -0.0399. The van der Waals surface area contributed by atoms with E-state index in [1.165, 1.54) is 121 Å². The first-order valence-corrected chi connectivity index (χ1v) is 24.5. The first-order chi connectivity index (χ1) is 32.4. The van der Waals surface area contributed by atoms with Gasteiger partial charge in [0.05, 0.1) is 0 Å². The Balaban J connectivity index is 0.923. The van der Waals surface area contributed by atoms with Gasteiger partial charge in [0.2, 0.25) is 0 Å². The Hall–Kier alpha value is -6.96. The van der Waals surface area contributed by atoms with E-state index < -0.39 is 0 Å². The smallest absolute Gasteiger partial charge is 0.0467 e. The number of nitrogens with zero attached hydrogens (tertiary/aromatic N) is 1. The Bertz CT molecular complexity index is 3390. The SMILES string of the molecule is CC1(C)c2ccccc2-c2cccc(-c3ccccc3-c3ccc(N(c4cccc(-c5cccc6ccccc56)c4)c4ccc5c(c4)C4(c6ccccc6-5)C5CC6CC(C5)CC4C6)cc3)c21. The number of hydrogen-bond acceptors (Lipinski definition) is 1. The van der Waals surface area contributed by atoms with Gasteiger partial charge in [-0.2, -0.15) is 0 Å². The lowest BCUT2D eigenvalue weighted by Gasteiger charge is -2.61. The second kappa shape index (κ2) is 14.3. The molecule has 1 nitrogen and oxygen atoms in total. The molecule has 0 saturated heterocycles. The van der Waals surface area contributed by atoms with Gasteiger partial charge in [0.25, 0.3) is 0 Å². The van der Waals surface area contributed by atoms with Crippen LogP contribution in [0.4, 0.5) is 17.1 Å². The van der Waals surface area contributed by atoms with Gasteiger partial charge < -0.3 is 4.90 Å². The molecule has 4 bridgehead atoms. The minimum Gasteiger partial charge on any atom is -0.310 e. The number of hydrogen-bond donors (Lipinski definition) is 0. The normalized spacial score (nSPS) is 22.3. The van der Waals surface area contributed by atoms with Crippen molar-refractivity contribution in [2.45, 2.75) is 56.8 Å². The van der Waals surface area contributed by atoms with Crippen molar-refractivity contribution in [2.75, 3.05) is 4.90 Å². The average Bonchev–Trinajstić information content (AvgIpc) is 3.78. The van der Waals surface area contributed by atoms with E-state index in [4.69, 9.17) is 0 Å². The second-order valence-corrected chi connectivity index (χ2v) is 20.9. The monoisotopic (exact) mass is 847 g/mol. The number of benzene rings is 9. The molecule has 0 amide bonds. The molecule has 0 aromatic heterocycles. The van der Waals surface area contributed by atoms with Crippen molar-refractivity contribution in [1.82, 2.24) is 0 Å². The van der Waals surface area contributed by atoms with E-state index in [1.54, 1.807) is 11.1 Å². The van der Waals surface area contributed by atoms with Crippen molar-refractivity contribution in [3.8, 4) is 55.6 Å². The molecular weight excluding hydrogens is 795 g/mol. The van der Waals surface area contributed by atoms with E-state index in [-0.39, 0.29) is 10.8 Å². The molecule has 0 atom stereocenters. The topological polar surface area (TPSA) is 3.24 Å². The third-order valence-electron chi connectivity index (χ3n) is 17.2. The predicted octanol–water partition coefficient (Wildman–Crippen LogP) is 17.3. The molecule has 4 fully saturated rings. The van der Waals surface area contributed by atoms with E-state index in [1.807, 2.05) is 0 Å². The summed E-state index contributed by atoms with van der Waals surface area (Å²) >= 11 is 0. The van der Waals surface area contributed by atoms with Crippen LogP contribution >= 0.6 is 0 Å². The van der Waals surface area contributed by atoms with Crippen LogP contribution in [0.25, 0.3) is 66.4 Å². The quantitative estimate of drug-likeness (QED) is 0.161. The van der Waals surface area contributed by atoms with Crippen LogP contribution in [0.1, 0.15) is 68.2 Å². The van der Waals surface area contributed by atoms with E-state index in [9.17, 15) is 0 Å². The first kappa shape index (κ1) is 38.3. The van der Waals surface area contributed by atoms with Crippen molar-refractivity contribution in [3.05, 3.63) is 222 Å². The highest BCUT2D eigenvalue weighted by Gasteiger charge is 2.61. The van der Waals surface area contributed by atoms with Gasteiger partial charge in [-0.1, -0.05) is 178 Å². The Morgan fingerprint density at radius 1 is 0.364 bits per heavy atom. The Morgan fingerprint density at radius 2 is 0.894 bits per heavy atom. The third-order valence-corrected chi connectivity index (χ3v) is 17.2. The van der Waals surface area contributed by atoms with Crippen LogP contribution in [0.15, 0.2) is 200 Å². The lowest BCUT2D eigenvalue weighted by atomic mass is 9.43. The zero-order valence-corrected chi connectivity index (χ0v) is 37.8. The maximum atomic E-state index is 2.64. The predicted molar refractivity (Wildman–Crippen MR) is 276 cm³/mol. The Kier molecular flexibility index (Phi) is 8.29. The van der Waals surface area contributed by atoms with Gasteiger partial charge in [0, 0.05) is 27.9 Å². The number of anilines is 3. The molecule has 6 aliphatic carbocycles. The molecule has 0 unspecified atom stereocenters. The van der Waals surface area contributed by atoms with Crippen LogP contribution in [-0.4, -0.2) is 0 Å². The van der Waals surface area contributed by atoms with E-state index in [0.29, 0.717) is 11.8 Å². The van der Waals surface area contributed by atoms with Crippen LogP contribution in [0.2, 0.25) is 0 Å². The van der Waals surface area contributed by atoms with Gasteiger partial charge in [-0.05, 0) is 181 Å². The Morgan fingerprint density at radius 3 is 1.67 bits per heavy atom. The molecule has 318 valence electrons. The molecule has 4 saturated carbocycles. The van der Waals surface area contributed by atoms with Crippen molar-refractivity contribution in [1.29, 1.82) is 0 Å². The fraction of sp³-hybridized carbons (Fsp3) is 0.200. The van der Waals surface area contributed by atoms with E-state index in [0.717, 1.165) is 17.5 Å². The molecule has 6 aliphatic rings. The van der Waals surface area contributed by atoms with Crippen molar-refractivity contribution >= 4 is 27.8 Å². The molecule has 9 aromatic rings. The molecule has 1 spiro atoms. The highest BCUT2D eigenvalue weighted by atomic mass is 15.1. The fourth-order valence-corrected chi connectivity index (χ4v) is 14.8. The van der Waals surface area contributed by atoms with Gasteiger partial charge in [-0.15, -0.1) is 0 Å². The highest BCUT2D eigenvalue weighted by molar-refractivity contribution is 5.98. The van der Waals surface area contributed by atoms with Gasteiger partial charge in [0.15, 0.2) is 0 Å². The molecule has 9 aromatic carbocycles. The largest absolute Gasteiger partial charge is 0.310 e. The molecule has 66 heavy (non-hydrogen) atoms. The summed E-state index contributed by atoms with van der Waals surface area (Å²) in [6, 6.07) is 76.2. The maximum absolute atomic E-state index is 2.64. The van der Waals surface area contributed by atoms with Crippen molar-refractivity contribution in [3.63, 3.8) is 0 Å². The standard InChI is InChI=1S/C65H53N/c1-64(2)60-26-9-7-22-56(60)59-25-13-24-58(63(59)64)54-20-6-5-19-52(54)44-28-30-48(31-29-44)66(49-17-11-16-45(39-49)53-23-12-15-43-14-3-4-18-51(43)53)50-32-33-57-55-21-8-10-27-61(55)65(62(57)40-50)46-35-41-34-42(37-46)38-47(65)36-41/h3-33,39-42,46-47H,34-38H2,1-2H3. The Labute approximate surface area is 389 Å². The summed E-state index contributed by atoms with van der Waals surface area (Å²) in [5, 5.41) is 2.54. The fourth-order valence-electron chi connectivity index (χ4n) is 14.8. The van der Waals surface area contributed by atoms with Gasteiger partial charge in [-0.25, -0.2) is 0 Å². The molecule has 0 N–H and O–H groups in total. The second-order valence-electron chi connectivity index (χ2n) is 20.9. The molecule has 15 rings (SSSR count). The van der Waals surface area contributed by atoms with Crippen LogP contribution in [-0.2, 0) is 10.8 Å². The van der Waals surface area contributed by atoms with Crippen molar-refractivity contribution < 1.29 is 0 Å². The highest BCUT2D eigenvalue weighted by Crippen LogP contribution is 2.69. The summed E-state index contributed by atoms with van der Waals surface area (Å²) in [6.45, 7) is 4.79. The summed E-state index contributed by atoms with van der Waals surface area (Å²) in [4.78, 5) is 2.54. The number of rotatable bonds is 6. The summed E-state index contributed by atoms with van der Waals surface area (Å²) in [5.74, 6) is 3.22. The molecule has 1 heteroatoms. The summed E-state index contributed by atoms with van der Waals surface area (Å²) in [6.07, 6.45) is 6.96. The van der Waals surface area contributed by atoms with Crippen LogP contribution < -0.4 is 4.90 Å². The first-order valence-electron chi connectivity index (χ1n) is 24.5. The minimum absolute atomic E-state index is 0.0902. The zero-order valence-electron chi connectivity index (χ0n) is 37.8. The van der Waals surface area contributed by atoms with Gasteiger partial charge >= 0.3 is 0 Å².